The van der Waals surface area contributed by atoms with Crippen molar-refractivity contribution >= 4 is 22.8 Å². The number of benzene rings is 1. The number of para-hydroxylation sites is 2. The molecule has 140 valence electrons. The number of hydrogen-bond donors (Lipinski definition) is 1. The Bertz CT molecular complexity index is 976. The zero-order valence-corrected chi connectivity index (χ0v) is 15.9. The molecule has 3 heterocycles. The molecule has 1 unspecified atom stereocenters. The van der Waals surface area contributed by atoms with Crippen molar-refractivity contribution in [2.75, 3.05) is 18.0 Å². The third-order valence-corrected chi connectivity index (χ3v) is 5.12. The van der Waals surface area contributed by atoms with Crippen LogP contribution in [0.2, 0.25) is 0 Å². The molecule has 1 aliphatic rings. The van der Waals surface area contributed by atoms with Crippen LogP contribution in [0.4, 0.5) is 5.82 Å². The van der Waals surface area contributed by atoms with Crippen molar-refractivity contribution in [1.29, 1.82) is 0 Å². The number of nitrogens with one attached hydrogen (secondary N) is 1. The lowest BCUT2D eigenvalue weighted by Crippen LogP contribution is -2.48. The van der Waals surface area contributed by atoms with Gasteiger partial charge in [0.05, 0.1) is 16.7 Å². The summed E-state index contributed by atoms with van der Waals surface area (Å²) in [6.45, 7) is 5.58. The van der Waals surface area contributed by atoms with E-state index in [0.717, 1.165) is 54.2 Å². The van der Waals surface area contributed by atoms with E-state index in [1.807, 2.05) is 51.2 Å². The SMILES string of the molecule is Cc1nc2ccccc2nc1N1CCCC(NC(=O)c2cc(C)n(C)n2)C1. The maximum Gasteiger partial charge on any atom is 0.272 e. The third kappa shape index (κ3) is 3.49. The molecule has 7 nitrogen and oxygen atoms in total. The first-order chi connectivity index (χ1) is 13.0. The molecule has 2 aromatic heterocycles. The molecule has 1 fully saturated rings. The number of hydrogen-bond acceptors (Lipinski definition) is 5. The summed E-state index contributed by atoms with van der Waals surface area (Å²) in [5.74, 6) is 0.785. The summed E-state index contributed by atoms with van der Waals surface area (Å²) < 4.78 is 1.72. The summed E-state index contributed by atoms with van der Waals surface area (Å²) >= 11 is 0. The Labute approximate surface area is 158 Å². The maximum absolute atomic E-state index is 12.5. The highest BCUT2D eigenvalue weighted by Crippen LogP contribution is 2.23. The van der Waals surface area contributed by atoms with Gasteiger partial charge in [0.15, 0.2) is 5.82 Å². The first-order valence-corrected chi connectivity index (χ1v) is 9.31. The van der Waals surface area contributed by atoms with Crippen LogP contribution >= 0.6 is 0 Å². The molecule has 1 aromatic carbocycles. The van der Waals surface area contributed by atoms with E-state index in [0.29, 0.717) is 5.69 Å². The lowest BCUT2D eigenvalue weighted by molar-refractivity contribution is 0.0927. The minimum Gasteiger partial charge on any atom is -0.353 e. The molecule has 0 saturated carbocycles. The van der Waals surface area contributed by atoms with Crippen LogP contribution in [0.1, 0.15) is 34.7 Å². The Balaban J connectivity index is 1.51. The summed E-state index contributed by atoms with van der Waals surface area (Å²) in [4.78, 5) is 24.3. The quantitative estimate of drug-likeness (QED) is 0.772. The van der Waals surface area contributed by atoms with Crippen LogP contribution in [0.5, 0.6) is 0 Å². The Morgan fingerprint density at radius 2 is 1.93 bits per heavy atom. The smallest absolute Gasteiger partial charge is 0.272 e. The number of amides is 1. The van der Waals surface area contributed by atoms with Crippen LogP contribution < -0.4 is 10.2 Å². The van der Waals surface area contributed by atoms with Gasteiger partial charge in [-0.15, -0.1) is 0 Å². The van der Waals surface area contributed by atoms with Crippen LogP contribution in [0, 0.1) is 13.8 Å². The Hall–Kier alpha value is -2.96. The van der Waals surface area contributed by atoms with Gasteiger partial charge in [-0.1, -0.05) is 12.1 Å². The molecular weight excluding hydrogens is 340 g/mol. The van der Waals surface area contributed by atoms with Gasteiger partial charge in [-0.2, -0.15) is 5.10 Å². The summed E-state index contributed by atoms with van der Waals surface area (Å²) in [5, 5.41) is 7.40. The van der Waals surface area contributed by atoms with E-state index in [2.05, 4.69) is 15.3 Å². The van der Waals surface area contributed by atoms with Gasteiger partial charge in [-0.3, -0.25) is 9.48 Å². The molecule has 1 atom stereocenters. The van der Waals surface area contributed by atoms with Crippen LogP contribution in [-0.4, -0.2) is 44.8 Å². The number of fused-ring (bicyclic) bond motifs is 1. The fraction of sp³-hybridized carbons (Fsp3) is 0.400. The zero-order valence-electron chi connectivity index (χ0n) is 15.9. The number of piperidine rings is 1. The maximum atomic E-state index is 12.5. The number of carbonyl (C=O) groups is 1. The van der Waals surface area contributed by atoms with Crippen molar-refractivity contribution in [2.24, 2.45) is 7.05 Å². The largest absolute Gasteiger partial charge is 0.353 e. The summed E-state index contributed by atoms with van der Waals surface area (Å²) in [6, 6.07) is 9.80. The Morgan fingerprint density at radius 1 is 1.19 bits per heavy atom. The minimum absolute atomic E-state index is 0.0706. The van der Waals surface area contributed by atoms with Gasteiger partial charge in [0, 0.05) is 31.9 Å². The Morgan fingerprint density at radius 3 is 2.63 bits per heavy atom. The Kier molecular flexibility index (Phi) is 4.51. The zero-order chi connectivity index (χ0) is 19.0. The highest BCUT2D eigenvalue weighted by atomic mass is 16.2. The van der Waals surface area contributed by atoms with E-state index >= 15 is 0 Å². The molecule has 1 aliphatic heterocycles. The van der Waals surface area contributed by atoms with E-state index in [1.54, 1.807) is 4.68 Å². The molecule has 27 heavy (non-hydrogen) atoms. The van der Waals surface area contributed by atoms with Gasteiger partial charge in [0.25, 0.3) is 5.91 Å². The summed E-state index contributed by atoms with van der Waals surface area (Å²) in [5.41, 5.74) is 4.15. The summed E-state index contributed by atoms with van der Waals surface area (Å²) in [7, 11) is 1.84. The van der Waals surface area contributed by atoms with Crippen LogP contribution in [0.3, 0.4) is 0 Å². The molecule has 0 bridgehead atoms. The number of carbonyl (C=O) groups excluding carboxylic acids is 1. The predicted octanol–water partition coefficient (Wildman–Crippen LogP) is 2.38. The van der Waals surface area contributed by atoms with Crippen molar-refractivity contribution in [2.45, 2.75) is 32.7 Å². The van der Waals surface area contributed by atoms with Gasteiger partial charge >= 0.3 is 0 Å². The predicted molar refractivity (Wildman–Crippen MR) is 105 cm³/mol. The fourth-order valence-electron chi connectivity index (χ4n) is 3.60. The number of anilines is 1. The lowest BCUT2D eigenvalue weighted by atomic mass is 10.1. The van der Waals surface area contributed by atoms with Crippen molar-refractivity contribution in [3.05, 3.63) is 47.4 Å². The van der Waals surface area contributed by atoms with Crippen molar-refractivity contribution < 1.29 is 4.79 Å². The van der Waals surface area contributed by atoms with Crippen LogP contribution in [-0.2, 0) is 7.05 Å². The minimum atomic E-state index is -0.119. The average molecular weight is 364 g/mol. The fourth-order valence-corrected chi connectivity index (χ4v) is 3.60. The van der Waals surface area contributed by atoms with E-state index in [1.165, 1.54) is 0 Å². The normalized spacial score (nSPS) is 17.3. The first-order valence-electron chi connectivity index (χ1n) is 9.31. The van der Waals surface area contributed by atoms with E-state index < -0.39 is 0 Å². The molecule has 7 heteroatoms. The summed E-state index contributed by atoms with van der Waals surface area (Å²) in [6.07, 6.45) is 1.95. The number of aryl methyl sites for hydroxylation is 3. The van der Waals surface area contributed by atoms with Crippen molar-refractivity contribution in [1.82, 2.24) is 25.1 Å². The number of rotatable bonds is 3. The second-order valence-corrected chi connectivity index (χ2v) is 7.17. The van der Waals surface area contributed by atoms with E-state index in [9.17, 15) is 4.79 Å². The molecule has 0 radical (unpaired) electrons. The molecule has 0 aliphatic carbocycles. The van der Waals surface area contributed by atoms with Crippen molar-refractivity contribution in [3.8, 4) is 0 Å². The highest BCUT2D eigenvalue weighted by molar-refractivity contribution is 5.92. The van der Waals surface area contributed by atoms with Gasteiger partial charge in [0.2, 0.25) is 0 Å². The second kappa shape index (κ2) is 6.98. The van der Waals surface area contributed by atoms with Crippen LogP contribution in [0.25, 0.3) is 11.0 Å². The van der Waals surface area contributed by atoms with E-state index in [4.69, 9.17) is 9.97 Å². The molecule has 3 aromatic rings. The van der Waals surface area contributed by atoms with E-state index in [-0.39, 0.29) is 11.9 Å². The molecule has 1 N–H and O–H groups in total. The molecule has 4 rings (SSSR count). The average Bonchev–Trinajstić information content (AvgIpc) is 3.00. The highest BCUT2D eigenvalue weighted by Gasteiger charge is 2.25. The van der Waals surface area contributed by atoms with Crippen molar-refractivity contribution in [3.63, 3.8) is 0 Å². The lowest BCUT2D eigenvalue weighted by Gasteiger charge is -2.34. The van der Waals surface area contributed by atoms with Gasteiger partial charge in [-0.05, 0) is 44.9 Å². The second-order valence-electron chi connectivity index (χ2n) is 7.17. The van der Waals surface area contributed by atoms with Gasteiger partial charge in [-0.25, -0.2) is 9.97 Å². The molecule has 0 spiro atoms. The molecular formula is C20H24N6O. The monoisotopic (exact) mass is 364 g/mol. The standard InChI is InChI=1S/C20H24N6O/c1-13-11-18(24-25(13)3)20(27)22-15-7-6-10-26(12-15)19-14(2)21-16-8-4-5-9-17(16)23-19/h4-5,8-9,11,15H,6-7,10,12H2,1-3H3,(H,22,27). The van der Waals surface area contributed by atoms with Gasteiger partial charge in [0.1, 0.15) is 5.69 Å². The third-order valence-electron chi connectivity index (χ3n) is 5.12. The topological polar surface area (TPSA) is 75.9 Å². The first kappa shape index (κ1) is 17.5. The number of nitrogens with zero attached hydrogens (tertiary/aromatic N) is 5. The molecule has 1 amide bonds. The number of aromatic nitrogens is 4. The van der Waals surface area contributed by atoms with Gasteiger partial charge < -0.3 is 10.2 Å². The molecule has 1 saturated heterocycles. The van der Waals surface area contributed by atoms with Crippen LogP contribution in [0.15, 0.2) is 30.3 Å².